The molecule has 2 aliphatic heterocycles. The number of para-hydroxylation sites is 2. The first-order chi connectivity index (χ1) is 16.5. The average Bonchev–Trinajstić information content (AvgIpc) is 3.21. The second-order valence-corrected chi connectivity index (χ2v) is 8.31. The van der Waals surface area contributed by atoms with Crippen molar-refractivity contribution in [2.45, 2.75) is 38.3 Å². The largest absolute Gasteiger partial charge is 0.497 e. The summed E-state index contributed by atoms with van der Waals surface area (Å²) in [7, 11) is 1.58. The molecule has 180 valence electrons. The lowest BCUT2D eigenvalue weighted by Crippen LogP contribution is -2.52. The third kappa shape index (κ3) is 4.93. The van der Waals surface area contributed by atoms with Gasteiger partial charge in [0.05, 0.1) is 19.1 Å². The SMILES string of the molecule is CCCCN1C(=O)CC(C(=O)NNC(=O)C2COc3ccccc3O2)C1c1ccc(OC)cc1. The zero-order valence-corrected chi connectivity index (χ0v) is 19.3. The highest BCUT2D eigenvalue weighted by molar-refractivity contribution is 5.92. The highest BCUT2D eigenvalue weighted by atomic mass is 16.6. The summed E-state index contributed by atoms with van der Waals surface area (Å²) < 4.78 is 16.5. The number of amides is 3. The summed E-state index contributed by atoms with van der Waals surface area (Å²) in [6.07, 6.45) is 0.931. The van der Waals surface area contributed by atoms with Gasteiger partial charge < -0.3 is 19.1 Å². The van der Waals surface area contributed by atoms with Gasteiger partial charge in [0.15, 0.2) is 11.5 Å². The maximum absolute atomic E-state index is 13.1. The van der Waals surface area contributed by atoms with Crippen molar-refractivity contribution in [2.75, 3.05) is 20.3 Å². The summed E-state index contributed by atoms with van der Waals surface area (Å²) in [5, 5.41) is 0. The highest BCUT2D eigenvalue weighted by Gasteiger charge is 2.44. The number of fused-ring (bicyclic) bond motifs is 1. The lowest BCUT2D eigenvalue weighted by molar-refractivity contribution is -0.136. The number of rotatable bonds is 7. The lowest BCUT2D eigenvalue weighted by atomic mass is 9.93. The summed E-state index contributed by atoms with van der Waals surface area (Å²) in [4.78, 5) is 40.3. The molecule has 34 heavy (non-hydrogen) atoms. The standard InChI is InChI=1S/C25H29N3O6/c1-3-4-13-28-22(29)14-18(23(28)16-9-11-17(32-2)12-10-16)24(30)26-27-25(31)21-15-33-19-7-5-6-8-20(19)34-21/h5-12,18,21,23H,3-4,13-15H2,1-2H3,(H,26,30)(H,27,31). The second kappa shape index (κ2) is 10.5. The Morgan fingerprint density at radius 1 is 1.06 bits per heavy atom. The molecule has 0 bridgehead atoms. The Morgan fingerprint density at radius 3 is 2.47 bits per heavy atom. The number of hydrogen-bond acceptors (Lipinski definition) is 6. The molecule has 3 amide bonds. The molecule has 0 saturated carbocycles. The van der Waals surface area contributed by atoms with Crippen molar-refractivity contribution in [3.8, 4) is 17.2 Å². The van der Waals surface area contributed by atoms with Crippen LogP contribution in [-0.2, 0) is 14.4 Å². The van der Waals surface area contributed by atoms with Crippen LogP contribution < -0.4 is 25.1 Å². The number of carbonyl (C=O) groups is 3. The van der Waals surface area contributed by atoms with Gasteiger partial charge in [-0.2, -0.15) is 0 Å². The number of hydrazine groups is 1. The number of likely N-dealkylation sites (tertiary alicyclic amines) is 1. The molecular formula is C25H29N3O6. The van der Waals surface area contributed by atoms with Crippen LogP contribution in [0.1, 0.15) is 37.8 Å². The molecule has 1 saturated heterocycles. The van der Waals surface area contributed by atoms with Crippen LogP contribution in [-0.4, -0.2) is 49.0 Å². The number of ether oxygens (including phenoxy) is 3. The Kier molecular flexibility index (Phi) is 7.20. The van der Waals surface area contributed by atoms with E-state index in [4.69, 9.17) is 14.2 Å². The van der Waals surface area contributed by atoms with Crippen LogP contribution in [0, 0.1) is 5.92 Å². The van der Waals surface area contributed by atoms with E-state index in [0.717, 1.165) is 18.4 Å². The van der Waals surface area contributed by atoms with Crippen LogP contribution in [0.25, 0.3) is 0 Å². The van der Waals surface area contributed by atoms with Gasteiger partial charge in [-0.25, -0.2) is 0 Å². The minimum Gasteiger partial charge on any atom is -0.497 e. The quantitative estimate of drug-likeness (QED) is 0.606. The van der Waals surface area contributed by atoms with Crippen LogP contribution in [0.5, 0.6) is 17.2 Å². The number of benzene rings is 2. The Labute approximate surface area is 198 Å². The fraction of sp³-hybridized carbons (Fsp3) is 0.400. The van der Waals surface area contributed by atoms with E-state index in [0.29, 0.717) is 23.8 Å². The molecule has 0 aliphatic carbocycles. The fourth-order valence-corrected chi connectivity index (χ4v) is 4.28. The molecule has 2 aromatic carbocycles. The first-order valence-electron chi connectivity index (χ1n) is 11.4. The van der Waals surface area contributed by atoms with Crippen molar-refractivity contribution in [3.63, 3.8) is 0 Å². The molecule has 4 rings (SSSR count). The summed E-state index contributed by atoms with van der Waals surface area (Å²) >= 11 is 0. The summed E-state index contributed by atoms with van der Waals surface area (Å²) in [5.41, 5.74) is 5.76. The number of methoxy groups -OCH3 is 1. The van der Waals surface area contributed by atoms with Gasteiger partial charge in [-0.15, -0.1) is 0 Å². The van der Waals surface area contributed by atoms with E-state index in [1.165, 1.54) is 0 Å². The van der Waals surface area contributed by atoms with E-state index in [1.54, 1.807) is 30.2 Å². The summed E-state index contributed by atoms with van der Waals surface area (Å²) in [6, 6.07) is 14.0. The van der Waals surface area contributed by atoms with E-state index < -0.39 is 29.9 Å². The molecule has 0 radical (unpaired) electrons. The van der Waals surface area contributed by atoms with Crippen LogP contribution in [0.4, 0.5) is 0 Å². The van der Waals surface area contributed by atoms with Gasteiger partial charge in [0, 0.05) is 13.0 Å². The molecule has 9 nitrogen and oxygen atoms in total. The van der Waals surface area contributed by atoms with E-state index in [1.807, 2.05) is 30.3 Å². The van der Waals surface area contributed by atoms with Crippen molar-refractivity contribution >= 4 is 17.7 Å². The topological polar surface area (TPSA) is 106 Å². The molecule has 0 spiro atoms. The van der Waals surface area contributed by atoms with E-state index >= 15 is 0 Å². The maximum atomic E-state index is 13.1. The minimum atomic E-state index is -0.904. The number of carbonyl (C=O) groups excluding carboxylic acids is 3. The minimum absolute atomic E-state index is 0.0277. The average molecular weight is 468 g/mol. The van der Waals surface area contributed by atoms with Gasteiger partial charge in [-0.3, -0.25) is 25.2 Å². The number of nitrogens with zero attached hydrogens (tertiary/aromatic N) is 1. The van der Waals surface area contributed by atoms with Gasteiger partial charge in [-0.05, 0) is 36.2 Å². The predicted molar refractivity (Wildman–Crippen MR) is 123 cm³/mol. The zero-order chi connectivity index (χ0) is 24.1. The van der Waals surface area contributed by atoms with Crippen LogP contribution in [0.2, 0.25) is 0 Å². The normalized spacial score (nSPS) is 21.2. The summed E-state index contributed by atoms with van der Waals surface area (Å²) in [5.74, 6) is 0.0263. The Bertz CT molecular complexity index is 1040. The van der Waals surface area contributed by atoms with Crippen molar-refractivity contribution in [3.05, 3.63) is 54.1 Å². The Hall–Kier alpha value is -3.75. The van der Waals surface area contributed by atoms with Gasteiger partial charge in [0.2, 0.25) is 17.9 Å². The van der Waals surface area contributed by atoms with Crippen LogP contribution in [0.3, 0.4) is 0 Å². The maximum Gasteiger partial charge on any atom is 0.283 e. The number of nitrogens with one attached hydrogen (secondary N) is 2. The van der Waals surface area contributed by atoms with Crippen LogP contribution in [0.15, 0.2) is 48.5 Å². The molecule has 0 aromatic heterocycles. The summed E-state index contributed by atoms with van der Waals surface area (Å²) in [6.45, 7) is 2.65. The Balaban J connectivity index is 1.43. The molecular weight excluding hydrogens is 438 g/mol. The van der Waals surface area contributed by atoms with Gasteiger partial charge in [-0.1, -0.05) is 37.6 Å². The third-order valence-corrected chi connectivity index (χ3v) is 6.09. The molecule has 1 fully saturated rings. The van der Waals surface area contributed by atoms with E-state index in [2.05, 4.69) is 17.8 Å². The lowest BCUT2D eigenvalue weighted by Gasteiger charge is -2.29. The monoisotopic (exact) mass is 467 g/mol. The van der Waals surface area contributed by atoms with Crippen LogP contribution >= 0.6 is 0 Å². The third-order valence-electron chi connectivity index (χ3n) is 6.09. The van der Waals surface area contributed by atoms with Crippen molar-refractivity contribution < 1.29 is 28.6 Å². The molecule has 2 aromatic rings. The first kappa shape index (κ1) is 23.4. The van der Waals surface area contributed by atoms with Crippen molar-refractivity contribution in [2.24, 2.45) is 5.92 Å². The fourth-order valence-electron chi connectivity index (χ4n) is 4.28. The molecule has 9 heteroatoms. The molecule has 2 N–H and O–H groups in total. The molecule has 3 atom stereocenters. The molecule has 2 aliphatic rings. The van der Waals surface area contributed by atoms with Gasteiger partial charge in [0.25, 0.3) is 5.91 Å². The number of unbranched alkanes of at least 4 members (excludes halogenated alkanes) is 1. The molecule has 2 heterocycles. The zero-order valence-electron chi connectivity index (χ0n) is 19.3. The van der Waals surface area contributed by atoms with Crippen molar-refractivity contribution in [1.82, 2.24) is 15.8 Å². The van der Waals surface area contributed by atoms with Crippen molar-refractivity contribution in [1.29, 1.82) is 0 Å². The van der Waals surface area contributed by atoms with Gasteiger partial charge >= 0.3 is 0 Å². The molecule has 3 unspecified atom stereocenters. The van der Waals surface area contributed by atoms with Gasteiger partial charge in [0.1, 0.15) is 12.4 Å². The highest BCUT2D eigenvalue weighted by Crippen LogP contribution is 2.39. The van der Waals surface area contributed by atoms with E-state index in [9.17, 15) is 14.4 Å². The van der Waals surface area contributed by atoms with E-state index in [-0.39, 0.29) is 18.9 Å². The first-order valence-corrected chi connectivity index (χ1v) is 11.4. The predicted octanol–water partition coefficient (Wildman–Crippen LogP) is 2.37. The smallest absolute Gasteiger partial charge is 0.283 e. The Morgan fingerprint density at radius 2 is 1.76 bits per heavy atom. The second-order valence-electron chi connectivity index (χ2n) is 8.31. The number of hydrogen-bond donors (Lipinski definition) is 2.